The van der Waals surface area contributed by atoms with Gasteiger partial charge in [0.25, 0.3) is 0 Å². The van der Waals surface area contributed by atoms with Gasteiger partial charge in [-0.1, -0.05) is 13.2 Å². The summed E-state index contributed by atoms with van der Waals surface area (Å²) in [5.74, 6) is -5.87. The van der Waals surface area contributed by atoms with E-state index >= 15 is 0 Å². The molecular formula is C21H21F3O10. The molecule has 1 rings (SSSR count). The number of alkyl halides is 3. The van der Waals surface area contributed by atoms with Gasteiger partial charge in [-0.3, -0.25) is 0 Å². The van der Waals surface area contributed by atoms with Crippen molar-refractivity contribution in [3.63, 3.8) is 0 Å². The predicted octanol–water partition coefficient (Wildman–Crippen LogP) is 1.37. The molecule has 1 aromatic rings. The fourth-order valence-corrected chi connectivity index (χ4v) is 3.01. The third-order valence-corrected chi connectivity index (χ3v) is 4.30. The standard InChI is InChI=1S/C21H21F3O10/c1-3-15(27)33-8-11(25)5-10-6-14(19(29)30)17(20(31)32)13(18(10)21(22,23)24)7-12(26)9-34-16(28)4-2/h3-4,6,11-12,25-26H,1-2,5,7-9H2,(H,29,30)(H,31,32). The zero-order chi connectivity index (χ0) is 26.2. The van der Waals surface area contributed by atoms with Crippen LogP contribution in [0.4, 0.5) is 13.2 Å². The zero-order valence-corrected chi connectivity index (χ0v) is 17.5. The molecule has 186 valence electrons. The van der Waals surface area contributed by atoms with Crippen molar-refractivity contribution in [1.82, 2.24) is 0 Å². The number of aliphatic hydroxyl groups excluding tert-OH is 2. The van der Waals surface area contributed by atoms with Crippen molar-refractivity contribution in [3.05, 3.63) is 59.2 Å². The van der Waals surface area contributed by atoms with Gasteiger partial charge in [0.1, 0.15) is 13.2 Å². The minimum absolute atomic E-state index is 0.445. The summed E-state index contributed by atoms with van der Waals surface area (Å²) in [6, 6.07) is 0.445. The van der Waals surface area contributed by atoms with Crippen molar-refractivity contribution in [2.24, 2.45) is 0 Å². The SMILES string of the molecule is C=CC(=O)OCC(O)Cc1cc(C(=O)O)c(C(=O)O)c(CC(O)COC(=O)C=C)c1C(F)(F)F. The number of halogens is 3. The lowest BCUT2D eigenvalue weighted by Crippen LogP contribution is -2.28. The summed E-state index contributed by atoms with van der Waals surface area (Å²) in [4.78, 5) is 45.6. The number of carboxylic acids is 2. The molecular weight excluding hydrogens is 469 g/mol. The number of aromatic carboxylic acids is 2. The lowest BCUT2D eigenvalue weighted by Gasteiger charge is -2.23. The number of ether oxygens (including phenoxy) is 2. The lowest BCUT2D eigenvalue weighted by atomic mass is 9.86. The molecule has 0 fully saturated rings. The Hall–Kier alpha value is -3.71. The third-order valence-electron chi connectivity index (χ3n) is 4.30. The average Bonchev–Trinajstić information content (AvgIpc) is 2.73. The molecule has 10 nitrogen and oxygen atoms in total. The lowest BCUT2D eigenvalue weighted by molar-refractivity contribution is -0.142. The third kappa shape index (κ3) is 7.71. The molecule has 0 heterocycles. The molecule has 0 aliphatic heterocycles. The fourth-order valence-electron chi connectivity index (χ4n) is 3.01. The van der Waals surface area contributed by atoms with Crippen LogP contribution < -0.4 is 0 Å². The molecule has 34 heavy (non-hydrogen) atoms. The largest absolute Gasteiger partial charge is 0.478 e. The van der Waals surface area contributed by atoms with E-state index in [4.69, 9.17) is 0 Å². The molecule has 13 heteroatoms. The van der Waals surface area contributed by atoms with Gasteiger partial charge >= 0.3 is 30.1 Å². The molecule has 0 aliphatic carbocycles. The van der Waals surface area contributed by atoms with Gasteiger partial charge in [-0.05, 0) is 17.2 Å². The summed E-state index contributed by atoms with van der Waals surface area (Å²) in [6.45, 7) is 4.61. The van der Waals surface area contributed by atoms with Crippen molar-refractivity contribution in [2.45, 2.75) is 31.2 Å². The van der Waals surface area contributed by atoms with E-state index in [0.717, 1.165) is 12.2 Å². The maximum absolute atomic E-state index is 14.0. The Morgan fingerprint density at radius 1 is 0.912 bits per heavy atom. The topological polar surface area (TPSA) is 168 Å². The Kier molecular flexibility index (Phi) is 9.95. The Morgan fingerprint density at radius 3 is 1.76 bits per heavy atom. The molecule has 0 amide bonds. The Labute approximate surface area is 190 Å². The van der Waals surface area contributed by atoms with Crippen LogP contribution in [-0.2, 0) is 38.1 Å². The summed E-state index contributed by atoms with van der Waals surface area (Å²) >= 11 is 0. The number of carboxylic acid groups (broad SMARTS) is 2. The molecule has 2 unspecified atom stereocenters. The smallest absolute Gasteiger partial charge is 0.416 e. The maximum atomic E-state index is 14.0. The highest BCUT2D eigenvalue weighted by molar-refractivity contribution is 6.03. The Morgan fingerprint density at radius 2 is 1.38 bits per heavy atom. The van der Waals surface area contributed by atoms with E-state index in [9.17, 15) is 52.8 Å². The monoisotopic (exact) mass is 490 g/mol. The normalized spacial score (nSPS) is 12.9. The number of carbonyl (C=O) groups is 4. The first-order valence-corrected chi connectivity index (χ1v) is 9.39. The first-order chi connectivity index (χ1) is 15.7. The van der Waals surface area contributed by atoms with Gasteiger partial charge in [0.15, 0.2) is 0 Å². The van der Waals surface area contributed by atoms with Crippen LogP contribution in [0.5, 0.6) is 0 Å². The van der Waals surface area contributed by atoms with Crippen LogP contribution in [0.15, 0.2) is 31.4 Å². The summed E-state index contributed by atoms with van der Waals surface area (Å²) in [5, 5.41) is 39.0. The molecule has 4 N–H and O–H groups in total. The van der Waals surface area contributed by atoms with E-state index in [-0.39, 0.29) is 0 Å². The molecule has 2 atom stereocenters. The molecule has 0 bridgehead atoms. The maximum Gasteiger partial charge on any atom is 0.416 e. The molecule has 0 aromatic heterocycles. The first kappa shape index (κ1) is 28.3. The van der Waals surface area contributed by atoms with Crippen LogP contribution in [0.25, 0.3) is 0 Å². The van der Waals surface area contributed by atoms with Crippen LogP contribution in [0.3, 0.4) is 0 Å². The second kappa shape index (κ2) is 12.0. The van der Waals surface area contributed by atoms with Gasteiger partial charge < -0.3 is 29.9 Å². The zero-order valence-electron chi connectivity index (χ0n) is 17.5. The molecule has 1 aromatic carbocycles. The summed E-state index contributed by atoms with van der Waals surface area (Å²) in [5.41, 5.74) is -5.77. The predicted molar refractivity (Wildman–Crippen MR) is 107 cm³/mol. The van der Waals surface area contributed by atoms with Gasteiger partial charge in [0.05, 0.1) is 28.9 Å². The number of esters is 2. The van der Waals surface area contributed by atoms with E-state index < -0.39 is 96.1 Å². The second-order valence-electron chi connectivity index (χ2n) is 6.80. The number of rotatable bonds is 12. The fraction of sp³-hybridized carbons (Fsp3) is 0.333. The minimum atomic E-state index is -5.25. The summed E-state index contributed by atoms with van der Waals surface area (Å²) in [6.07, 6.45) is -9.30. The highest BCUT2D eigenvalue weighted by Crippen LogP contribution is 2.39. The number of hydrogen-bond donors (Lipinski definition) is 4. The van der Waals surface area contributed by atoms with Gasteiger partial charge in [0.2, 0.25) is 0 Å². The van der Waals surface area contributed by atoms with Gasteiger partial charge in [-0.2, -0.15) is 13.2 Å². The summed E-state index contributed by atoms with van der Waals surface area (Å²) in [7, 11) is 0. The number of benzene rings is 1. The highest BCUT2D eigenvalue weighted by Gasteiger charge is 2.40. The van der Waals surface area contributed by atoms with E-state index in [0.29, 0.717) is 6.07 Å². The molecule has 0 aliphatic rings. The van der Waals surface area contributed by atoms with Crippen molar-refractivity contribution in [3.8, 4) is 0 Å². The Balaban J connectivity index is 3.64. The minimum Gasteiger partial charge on any atom is -0.478 e. The number of hydrogen-bond acceptors (Lipinski definition) is 8. The van der Waals surface area contributed by atoms with E-state index in [2.05, 4.69) is 22.6 Å². The van der Waals surface area contributed by atoms with Crippen LogP contribution in [0.2, 0.25) is 0 Å². The van der Waals surface area contributed by atoms with E-state index in [1.165, 1.54) is 0 Å². The molecule has 0 spiro atoms. The van der Waals surface area contributed by atoms with Crippen LogP contribution in [0.1, 0.15) is 37.4 Å². The molecule has 0 saturated carbocycles. The average molecular weight is 490 g/mol. The van der Waals surface area contributed by atoms with Gasteiger partial charge in [-0.15, -0.1) is 0 Å². The molecule has 0 saturated heterocycles. The number of carbonyl (C=O) groups excluding carboxylic acids is 2. The summed E-state index contributed by atoms with van der Waals surface area (Å²) < 4.78 is 51.2. The van der Waals surface area contributed by atoms with E-state index in [1.54, 1.807) is 0 Å². The van der Waals surface area contributed by atoms with Crippen LogP contribution in [-0.4, -0.2) is 69.7 Å². The quantitative estimate of drug-likeness (QED) is 0.248. The number of aliphatic hydroxyl groups is 2. The Bertz CT molecular complexity index is 984. The molecule has 0 radical (unpaired) electrons. The van der Waals surface area contributed by atoms with Crippen molar-refractivity contribution in [2.75, 3.05) is 13.2 Å². The van der Waals surface area contributed by atoms with E-state index in [1.807, 2.05) is 0 Å². The first-order valence-electron chi connectivity index (χ1n) is 9.39. The highest BCUT2D eigenvalue weighted by atomic mass is 19.4. The van der Waals surface area contributed by atoms with Crippen molar-refractivity contribution in [1.29, 1.82) is 0 Å². The van der Waals surface area contributed by atoms with Gasteiger partial charge in [-0.25, -0.2) is 19.2 Å². The van der Waals surface area contributed by atoms with Crippen LogP contribution >= 0.6 is 0 Å². The van der Waals surface area contributed by atoms with Crippen molar-refractivity contribution >= 4 is 23.9 Å². The van der Waals surface area contributed by atoms with Crippen LogP contribution in [0, 0.1) is 0 Å². The second-order valence-corrected chi connectivity index (χ2v) is 6.80. The van der Waals surface area contributed by atoms with Gasteiger partial charge in [0, 0.05) is 25.0 Å². The van der Waals surface area contributed by atoms with Crippen molar-refractivity contribution < 1.29 is 62.2 Å².